The first-order valence-electron chi connectivity index (χ1n) is 7.32. The quantitative estimate of drug-likeness (QED) is 0.787. The van der Waals surface area contributed by atoms with Gasteiger partial charge in [0.2, 0.25) is 0 Å². The van der Waals surface area contributed by atoms with E-state index in [9.17, 15) is 0 Å². The van der Waals surface area contributed by atoms with Gasteiger partial charge < -0.3 is 5.32 Å². The summed E-state index contributed by atoms with van der Waals surface area (Å²) < 4.78 is 1.97. The fourth-order valence-corrected chi connectivity index (χ4v) is 2.30. The smallest absolute Gasteiger partial charge is 0.141 e. The van der Waals surface area contributed by atoms with Crippen LogP contribution in [-0.2, 0) is 6.54 Å². The molecule has 0 aliphatic heterocycles. The third-order valence-electron chi connectivity index (χ3n) is 3.54. The Bertz CT molecular complexity index is 504. The Labute approximate surface area is 121 Å². The first kappa shape index (κ1) is 14.7. The van der Waals surface area contributed by atoms with Gasteiger partial charge in [-0.25, -0.2) is 9.67 Å². The second kappa shape index (κ2) is 7.20. The molecule has 1 aromatic heterocycles. The molecule has 108 valence electrons. The molecule has 0 aliphatic carbocycles. The largest absolute Gasteiger partial charge is 0.310 e. The second-order valence-corrected chi connectivity index (χ2v) is 5.49. The van der Waals surface area contributed by atoms with E-state index in [0.717, 1.165) is 25.3 Å². The number of hydrogen-bond donors (Lipinski definition) is 1. The highest BCUT2D eigenvalue weighted by Crippen LogP contribution is 2.17. The van der Waals surface area contributed by atoms with Crippen LogP contribution in [0.3, 0.4) is 0 Å². The van der Waals surface area contributed by atoms with E-state index in [1.54, 1.807) is 6.33 Å². The van der Waals surface area contributed by atoms with E-state index in [1.807, 2.05) is 4.68 Å². The van der Waals surface area contributed by atoms with Crippen LogP contribution in [0.4, 0.5) is 0 Å². The summed E-state index contributed by atoms with van der Waals surface area (Å²) in [5.74, 6) is 1.58. The minimum Gasteiger partial charge on any atom is -0.310 e. The lowest BCUT2D eigenvalue weighted by atomic mass is 9.98. The molecule has 1 atom stereocenters. The van der Waals surface area contributed by atoms with Crippen molar-refractivity contribution in [2.24, 2.45) is 0 Å². The summed E-state index contributed by atoms with van der Waals surface area (Å²) >= 11 is 0. The Morgan fingerprint density at radius 2 is 1.90 bits per heavy atom. The molecular weight excluding hydrogens is 248 g/mol. The molecule has 0 aliphatic rings. The van der Waals surface area contributed by atoms with E-state index in [0.29, 0.717) is 12.0 Å². The van der Waals surface area contributed by atoms with Crippen molar-refractivity contribution in [2.45, 2.75) is 45.7 Å². The van der Waals surface area contributed by atoms with E-state index < -0.39 is 0 Å². The molecule has 0 saturated carbocycles. The van der Waals surface area contributed by atoms with Crippen molar-refractivity contribution in [1.82, 2.24) is 20.1 Å². The highest BCUT2D eigenvalue weighted by atomic mass is 15.3. The summed E-state index contributed by atoms with van der Waals surface area (Å²) in [6.07, 6.45) is 2.75. The van der Waals surface area contributed by atoms with Crippen molar-refractivity contribution < 1.29 is 0 Å². The number of aromatic nitrogens is 3. The van der Waals surface area contributed by atoms with Crippen LogP contribution in [0.15, 0.2) is 36.7 Å². The molecule has 1 heterocycles. The van der Waals surface area contributed by atoms with Crippen LogP contribution < -0.4 is 5.32 Å². The fraction of sp³-hybridized carbons (Fsp3) is 0.500. The second-order valence-electron chi connectivity index (χ2n) is 5.49. The van der Waals surface area contributed by atoms with Crippen LogP contribution in [0.25, 0.3) is 0 Å². The van der Waals surface area contributed by atoms with Gasteiger partial charge >= 0.3 is 0 Å². The lowest BCUT2D eigenvalue weighted by Crippen LogP contribution is -2.20. The normalized spacial score (nSPS) is 12.8. The van der Waals surface area contributed by atoms with E-state index in [4.69, 9.17) is 0 Å². The van der Waals surface area contributed by atoms with Gasteiger partial charge in [-0.2, -0.15) is 5.10 Å². The SMILES string of the molecule is CC(CCNCc1ncnn1C(C)C)c1ccccc1. The lowest BCUT2D eigenvalue weighted by molar-refractivity contribution is 0.485. The molecule has 0 fully saturated rings. The minimum atomic E-state index is 0.359. The maximum atomic E-state index is 4.30. The van der Waals surface area contributed by atoms with Crippen molar-refractivity contribution in [2.75, 3.05) is 6.54 Å². The van der Waals surface area contributed by atoms with Crippen LogP contribution in [0.2, 0.25) is 0 Å². The summed E-state index contributed by atoms with van der Waals surface area (Å²) in [7, 11) is 0. The zero-order valence-corrected chi connectivity index (χ0v) is 12.6. The van der Waals surface area contributed by atoms with Crippen LogP contribution in [0.1, 0.15) is 50.5 Å². The van der Waals surface area contributed by atoms with Gasteiger partial charge in [0.1, 0.15) is 12.2 Å². The molecule has 4 heteroatoms. The van der Waals surface area contributed by atoms with Gasteiger partial charge in [0, 0.05) is 6.04 Å². The molecule has 0 amide bonds. The van der Waals surface area contributed by atoms with Gasteiger partial charge in [0.15, 0.2) is 0 Å². The molecule has 1 aromatic carbocycles. The molecule has 0 spiro atoms. The first-order chi connectivity index (χ1) is 9.68. The molecule has 0 bridgehead atoms. The summed E-state index contributed by atoms with van der Waals surface area (Å²) in [6.45, 7) is 8.28. The molecule has 0 saturated heterocycles. The zero-order chi connectivity index (χ0) is 14.4. The first-order valence-corrected chi connectivity index (χ1v) is 7.32. The maximum absolute atomic E-state index is 4.30. The van der Waals surface area contributed by atoms with E-state index >= 15 is 0 Å². The van der Waals surface area contributed by atoms with E-state index in [2.05, 4.69) is 66.5 Å². The maximum Gasteiger partial charge on any atom is 0.141 e. The molecule has 2 rings (SSSR count). The minimum absolute atomic E-state index is 0.359. The summed E-state index contributed by atoms with van der Waals surface area (Å²) in [5, 5.41) is 7.70. The predicted molar refractivity (Wildman–Crippen MR) is 81.6 cm³/mol. The molecule has 20 heavy (non-hydrogen) atoms. The van der Waals surface area contributed by atoms with Gasteiger partial charge in [-0.3, -0.25) is 0 Å². The van der Waals surface area contributed by atoms with Gasteiger partial charge in [-0.15, -0.1) is 0 Å². The number of benzene rings is 1. The monoisotopic (exact) mass is 272 g/mol. The van der Waals surface area contributed by atoms with Gasteiger partial charge in [0.05, 0.1) is 6.54 Å². The Morgan fingerprint density at radius 1 is 1.15 bits per heavy atom. The Balaban J connectivity index is 1.75. The van der Waals surface area contributed by atoms with Crippen molar-refractivity contribution in [3.63, 3.8) is 0 Å². The van der Waals surface area contributed by atoms with Gasteiger partial charge in [-0.1, -0.05) is 37.3 Å². The molecule has 1 unspecified atom stereocenters. The molecule has 4 nitrogen and oxygen atoms in total. The third kappa shape index (κ3) is 3.90. The van der Waals surface area contributed by atoms with Crippen LogP contribution in [-0.4, -0.2) is 21.3 Å². The van der Waals surface area contributed by atoms with Crippen molar-refractivity contribution in [3.8, 4) is 0 Å². The lowest BCUT2D eigenvalue weighted by Gasteiger charge is -2.13. The number of nitrogens with zero attached hydrogens (tertiary/aromatic N) is 3. The summed E-state index contributed by atoms with van der Waals surface area (Å²) in [4.78, 5) is 4.30. The topological polar surface area (TPSA) is 42.7 Å². The van der Waals surface area contributed by atoms with Crippen molar-refractivity contribution in [1.29, 1.82) is 0 Å². The van der Waals surface area contributed by atoms with Crippen molar-refractivity contribution >= 4 is 0 Å². The molecule has 1 N–H and O–H groups in total. The van der Waals surface area contributed by atoms with E-state index in [1.165, 1.54) is 5.56 Å². The van der Waals surface area contributed by atoms with Gasteiger partial charge in [0.25, 0.3) is 0 Å². The zero-order valence-electron chi connectivity index (χ0n) is 12.6. The molecule has 0 radical (unpaired) electrons. The molecule has 2 aromatic rings. The van der Waals surface area contributed by atoms with Crippen LogP contribution >= 0.6 is 0 Å². The average molecular weight is 272 g/mol. The summed E-state index contributed by atoms with van der Waals surface area (Å²) in [5.41, 5.74) is 1.40. The van der Waals surface area contributed by atoms with Crippen LogP contribution in [0.5, 0.6) is 0 Å². The van der Waals surface area contributed by atoms with Gasteiger partial charge in [-0.05, 0) is 38.3 Å². The summed E-state index contributed by atoms with van der Waals surface area (Å²) in [6, 6.07) is 11.0. The number of hydrogen-bond acceptors (Lipinski definition) is 3. The van der Waals surface area contributed by atoms with E-state index in [-0.39, 0.29) is 0 Å². The Kier molecular flexibility index (Phi) is 5.30. The highest BCUT2D eigenvalue weighted by molar-refractivity contribution is 5.18. The van der Waals surface area contributed by atoms with Crippen molar-refractivity contribution in [3.05, 3.63) is 48.0 Å². The Morgan fingerprint density at radius 3 is 2.60 bits per heavy atom. The fourth-order valence-electron chi connectivity index (χ4n) is 2.30. The predicted octanol–water partition coefficient (Wildman–Crippen LogP) is 3.14. The third-order valence-corrected chi connectivity index (χ3v) is 3.54. The number of nitrogens with one attached hydrogen (secondary N) is 1. The highest BCUT2D eigenvalue weighted by Gasteiger charge is 2.08. The molecular formula is C16H24N4. The average Bonchev–Trinajstić information content (AvgIpc) is 2.93. The Hall–Kier alpha value is -1.68. The van der Waals surface area contributed by atoms with Crippen LogP contribution in [0, 0.1) is 0 Å². The standard InChI is InChI=1S/C16H24N4/c1-13(2)20-16(18-12-19-20)11-17-10-9-14(3)15-7-5-4-6-8-15/h4-8,12-14,17H,9-11H2,1-3H3. The number of rotatable bonds is 7.